The number of hydrogen-bond donors (Lipinski definition) is 1. The number of esters is 1. The number of carbonyl (C=O) groups is 1. The molecule has 0 fully saturated rings. The molecule has 26 heavy (non-hydrogen) atoms. The average molecular weight is 368 g/mol. The van der Waals surface area contributed by atoms with Crippen molar-refractivity contribution in [3.63, 3.8) is 0 Å². The second-order valence-electron chi connectivity index (χ2n) is 5.93. The van der Waals surface area contributed by atoms with Crippen molar-refractivity contribution >= 4 is 17.6 Å². The van der Waals surface area contributed by atoms with Crippen molar-refractivity contribution in [1.29, 1.82) is 0 Å². The maximum Gasteiger partial charge on any atom is 0.321 e. The van der Waals surface area contributed by atoms with Gasteiger partial charge in [-0.1, -0.05) is 60.1 Å². The molecule has 0 bridgehead atoms. The van der Waals surface area contributed by atoms with Gasteiger partial charge in [-0.15, -0.1) is 0 Å². The van der Waals surface area contributed by atoms with Crippen molar-refractivity contribution in [1.82, 2.24) is 4.98 Å². The maximum atomic E-state index is 13.0. The van der Waals surface area contributed by atoms with Gasteiger partial charge in [0.05, 0.1) is 11.1 Å². The molecule has 4 nitrogen and oxygen atoms in total. The van der Waals surface area contributed by atoms with Gasteiger partial charge >= 0.3 is 5.97 Å². The van der Waals surface area contributed by atoms with Crippen LogP contribution in [0.4, 0.5) is 0 Å². The van der Waals surface area contributed by atoms with E-state index in [0.29, 0.717) is 21.9 Å². The summed E-state index contributed by atoms with van der Waals surface area (Å²) in [4.78, 5) is 17.0. The third-order valence-corrected chi connectivity index (χ3v) is 4.42. The molecule has 1 N–H and O–H groups in total. The van der Waals surface area contributed by atoms with Gasteiger partial charge in [0.25, 0.3) is 0 Å². The summed E-state index contributed by atoms with van der Waals surface area (Å²) in [6.45, 7) is 1.81. The standard InChI is InChI=1S/C21H18ClNO3/c1-14-7-5-11-17(22)20(14)26-21(25)18(15-8-3-2-4-9-15)19(24)16-10-6-12-23-13-16/h2-13,18-19,24H,1H3. The Balaban J connectivity index is 1.97. The molecule has 2 aromatic carbocycles. The van der Waals surface area contributed by atoms with Gasteiger partial charge in [0.1, 0.15) is 5.92 Å². The van der Waals surface area contributed by atoms with Crippen LogP contribution in [0.1, 0.15) is 28.7 Å². The van der Waals surface area contributed by atoms with E-state index in [9.17, 15) is 9.90 Å². The van der Waals surface area contributed by atoms with Gasteiger partial charge < -0.3 is 9.84 Å². The molecule has 0 amide bonds. The van der Waals surface area contributed by atoms with Gasteiger partial charge in [-0.25, -0.2) is 0 Å². The number of pyridine rings is 1. The molecule has 2 atom stereocenters. The van der Waals surface area contributed by atoms with Gasteiger partial charge in [0, 0.05) is 18.0 Å². The van der Waals surface area contributed by atoms with Crippen LogP contribution in [-0.4, -0.2) is 16.1 Å². The fraction of sp³-hybridized carbons (Fsp3) is 0.143. The highest BCUT2D eigenvalue weighted by atomic mass is 35.5. The number of ether oxygens (including phenoxy) is 1. The lowest BCUT2D eigenvalue weighted by Gasteiger charge is -2.22. The fourth-order valence-corrected chi connectivity index (χ4v) is 3.02. The third-order valence-electron chi connectivity index (χ3n) is 4.12. The van der Waals surface area contributed by atoms with Crippen LogP contribution in [0, 0.1) is 6.92 Å². The quantitative estimate of drug-likeness (QED) is 0.534. The van der Waals surface area contributed by atoms with E-state index in [1.165, 1.54) is 6.20 Å². The molecular formula is C21H18ClNO3. The number of hydrogen-bond acceptors (Lipinski definition) is 4. The largest absolute Gasteiger partial charge is 0.424 e. The van der Waals surface area contributed by atoms with E-state index in [1.807, 2.05) is 31.2 Å². The molecule has 0 aliphatic carbocycles. The summed E-state index contributed by atoms with van der Waals surface area (Å²) in [7, 11) is 0. The van der Waals surface area contributed by atoms with Crippen LogP contribution in [0.3, 0.4) is 0 Å². The molecule has 0 aliphatic heterocycles. The van der Waals surface area contributed by atoms with E-state index in [4.69, 9.17) is 16.3 Å². The highest BCUT2D eigenvalue weighted by molar-refractivity contribution is 6.32. The molecule has 3 aromatic rings. The number of para-hydroxylation sites is 1. The summed E-state index contributed by atoms with van der Waals surface area (Å²) >= 11 is 6.17. The Morgan fingerprint density at radius 1 is 1.04 bits per heavy atom. The van der Waals surface area contributed by atoms with E-state index in [1.54, 1.807) is 42.6 Å². The normalized spacial score (nSPS) is 13.0. The molecule has 132 valence electrons. The van der Waals surface area contributed by atoms with Crippen LogP contribution in [0.15, 0.2) is 73.1 Å². The van der Waals surface area contributed by atoms with Gasteiger partial charge in [0.15, 0.2) is 5.75 Å². The Kier molecular flexibility index (Phi) is 5.66. The molecule has 1 heterocycles. The molecule has 0 aliphatic rings. The molecule has 3 rings (SSSR count). The number of benzene rings is 2. The summed E-state index contributed by atoms with van der Waals surface area (Å²) in [5.74, 6) is -1.18. The van der Waals surface area contributed by atoms with Crippen LogP contribution in [0.25, 0.3) is 0 Å². The zero-order chi connectivity index (χ0) is 18.5. The number of halogens is 1. The molecule has 1 aromatic heterocycles. The van der Waals surface area contributed by atoms with Gasteiger partial charge in [-0.3, -0.25) is 9.78 Å². The molecule has 2 unspecified atom stereocenters. The molecule has 0 saturated heterocycles. The summed E-state index contributed by atoms with van der Waals surface area (Å²) in [5, 5.41) is 11.2. The number of nitrogens with zero attached hydrogens (tertiary/aromatic N) is 1. The Labute approximate surface area is 157 Å². The molecule has 5 heteroatoms. The van der Waals surface area contributed by atoms with Crippen molar-refractivity contribution in [2.45, 2.75) is 18.9 Å². The van der Waals surface area contributed by atoms with Crippen LogP contribution < -0.4 is 4.74 Å². The molecule has 0 radical (unpaired) electrons. The Morgan fingerprint density at radius 3 is 2.42 bits per heavy atom. The van der Waals surface area contributed by atoms with Crippen molar-refractivity contribution in [3.05, 3.63) is 94.8 Å². The third kappa shape index (κ3) is 3.93. The van der Waals surface area contributed by atoms with Crippen LogP contribution in [0.5, 0.6) is 5.75 Å². The summed E-state index contributed by atoms with van der Waals surface area (Å²) < 4.78 is 5.58. The zero-order valence-corrected chi connectivity index (χ0v) is 14.9. The smallest absolute Gasteiger partial charge is 0.321 e. The Morgan fingerprint density at radius 2 is 1.77 bits per heavy atom. The molecule has 0 saturated carbocycles. The molecular weight excluding hydrogens is 350 g/mol. The maximum absolute atomic E-state index is 13.0. The Hall–Kier alpha value is -2.69. The highest BCUT2D eigenvalue weighted by Gasteiger charge is 2.32. The number of carbonyl (C=O) groups excluding carboxylic acids is 1. The Bertz CT molecular complexity index is 864. The van der Waals surface area contributed by atoms with Crippen molar-refractivity contribution in [3.8, 4) is 5.75 Å². The average Bonchev–Trinajstić information content (AvgIpc) is 2.66. The number of aryl methyl sites for hydroxylation is 1. The number of aliphatic hydroxyl groups excluding tert-OH is 1. The second kappa shape index (κ2) is 8.13. The van der Waals surface area contributed by atoms with E-state index in [-0.39, 0.29) is 0 Å². The first-order valence-corrected chi connectivity index (χ1v) is 8.55. The van der Waals surface area contributed by atoms with E-state index in [0.717, 1.165) is 5.56 Å². The lowest BCUT2D eigenvalue weighted by Crippen LogP contribution is -2.25. The lowest BCUT2D eigenvalue weighted by atomic mass is 9.90. The SMILES string of the molecule is Cc1cccc(Cl)c1OC(=O)C(c1ccccc1)C(O)c1cccnc1. The van der Waals surface area contributed by atoms with Crippen molar-refractivity contribution in [2.24, 2.45) is 0 Å². The molecule has 0 spiro atoms. The van der Waals surface area contributed by atoms with Gasteiger partial charge in [-0.2, -0.15) is 0 Å². The highest BCUT2D eigenvalue weighted by Crippen LogP contribution is 2.35. The summed E-state index contributed by atoms with van der Waals surface area (Å²) in [6, 6.07) is 17.7. The van der Waals surface area contributed by atoms with Crippen LogP contribution in [0.2, 0.25) is 5.02 Å². The monoisotopic (exact) mass is 367 g/mol. The number of aromatic nitrogens is 1. The summed E-state index contributed by atoms with van der Waals surface area (Å²) in [6.07, 6.45) is 2.05. The fourth-order valence-electron chi connectivity index (χ4n) is 2.76. The lowest BCUT2D eigenvalue weighted by molar-refractivity contribution is -0.139. The predicted octanol–water partition coefficient (Wildman–Crippen LogP) is 4.47. The minimum atomic E-state index is -1.10. The minimum absolute atomic E-state index is 0.304. The topological polar surface area (TPSA) is 59.4 Å². The summed E-state index contributed by atoms with van der Waals surface area (Å²) in [5.41, 5.74) is 1.93. The first-order valence-electron chi connectivity index (χ1n) is 8.17. The second-order valence-corrected chi connectivity index (χ2v) is 6.33. The van der Waals surface area contributed by atoms with Gasteiger partial charge in [-0.05, 0) is 30.2 Å². The first-order chi connectivity index (χ1) is 12.6. The van der Waals surface area contributed by atoms with E-state index in [2.05, 4.69) is 4.98 Å². The van der Waals surface area contributed by atoms with Crippen LogP contribution in [-0.2, 0) is 4.79 Å². The number of aliphatic hydroxyl groups is 1. The zero-order valence-electron chi connectivity index (χ0n) is 14.2. The van der Waals surface area contributed by atoms with E-state index >= 15 is 0 Å². The predicted molar refractivity (Wildman–Crippen MR) is 100 cm³/mol. The van der Waals surface area contributed by atoms with Crippen molar-refractivity contribution < 1.29 is 14.6 Å². The van der Waals surface area contributed by atoms with Crippen molar-refractivity contribution in [2.75, 3.05) is 0 Å². The van der Waals surface area contributed by atoms with Gasteiger partial charge in [0.2, 0.25) is 0 Å². The van der Waals surface area contributed by atoms with E-state index < -0.39 is 18.0 Å². The minimum Gasteiger partial charge on any atom is -0.424 e. The van der Waals surface area contributed by atoms with Crippen LogP contribution >= 0.6 is 11.6 Å². The number of rotatable bonds is 5. The first kappa shape index (κ1) is 18.1.